The molecule has 120 valence electrons. The van der Waals surface area contributed by atoms with Crippen LogP contribution in [-0.4, -0.2) is 30.8 Å². The Morgan fingerprint density at radius 3 is 2.77 bits per heavy atom. The molecule has 0 amide bonds. The number of aromatic amines is 1. The fraction of sp³-hybridized carbons (Fsp3) is 0.538. The van der Waals surface area contributed by atoms with E-state index in [1.165, 1.54) is 23.4 Å². The molecular formula is C13H17N4O4S-. The normalized spacial score (nSPS) is 11.2. The molecule has 0 spiro atoms. The van der Waals surface area contributed by atoms with Gasteiger partial charge in [-0.15, -0.1) is 0 Å². The molecule has 0 fully saturated rings. The summed E-state index contributed by atoms with van der Waals surface area (Å²) in [6, 6.07) is 0. The molecule has 0 aliphatic heterocycles. The Labute approximate surface area is 130 Å². The number of carboxylic acids is 1. The minimum absolute atomic E-state index is 0.100. The second-order valence-corrected chi connectivity index (χ2v) is 5.92. The van der Waals surface area contributed by atoms with Crippen LogP contribution in [0.2, 0.25) is 0 Å². The molecule has 2 rings (SSSR count). The third-order valence-corrected chi connectivity index (χ3v) is 4.22. The van der Waals surface area contributed by atoms with Gasteiger partial charge in [-0.2, -0.15) is 0 Å². The molecule has 2 aromatic rings. The number of H-pyrrole nitrogens is 1. The number of unbranched alkanes of at least 4 members (excludes halogenated alkanes) is 1. The first kappa shape index (κ1) is 16.3. The van der Waals surface area contributed by atoms with Crippen molar-refractivity contribution < 1.29 is 9.90 Å². The van der Waals surface area contributed by atoms with Crippen LogP contribution in [0.25, 0.3) is 11.2 Å². The predicted octanol–water partition coefficient (Wildman–Crippen LogP) is -0.544. The Balaban J connectivity index is 2.51. The van der Waals surface area contributed by atoms with E-state index in [1.54, 1.807) is 4.57 Å². The molecule has 2 heterocycles. The average Bonchev–Trinajstić information content (AvgIpc) is 2.81. The van der Waals surface area contributed by atoms with E-state index in [4.69, 9.17) is 0 Å². The molecule has 0 bridgehead atoms. The SMILES string of the molecule is CCCCn1c(SCCC(=O)[O-])nc2c1c(=O)[nH]c(=O)n2C. The number of hydrogen-bond donors (Lipinski definition) is 1. The summed E-state index contributed by atoms with van der Waals surface area (Å²) in [7, 11) is 1.54. The number of fused-ring (bicyclic) bond motifs is 1. The monoisotopic (exact) mass is 325 g/mol. The number of nitrogens with zero attached hydrogens (tertiary/aromatic N) is 3. The summed E-state index contributed by atoms with van der Waals surface area (Å²) in [5.41, 5.74) is -0.357. The number of carbonyl (C=O) groups excluding carboxylic acids is 1. The number of rotatable bonds is 7. The number of nitrogens with one attached hydrogen (secondary N) is 1. The fourth-order valence-corrected chi connectivity index (χ4v) is 3.01. The molecule has 8 nitrogen and oxygen atoms in total. The molecule has 0 unspecified atom stereocenters. The Morgan fingerprint density at radius 1 is 1.41 bits per heavy atom. The quantitative estimate of drug-likeness (QED) is 0.684. The molecule has 2 aromatic heterocycles. The van der Waals surface area contributed by atoms with Gasteiger partial charge in [0.25, 0.3) is 5.56 Å². The maximum atomic E-state index is 12.1. The summed E-state index contributed by atoms with van der Waals surface area (Å²) >= 11 is 1.24. The average molecular weight is 325 g/mol. The van der Waals surface area contributed by atoms with Crippen molar-refractivity contribution in [2.75, 3.05) is 5.75 Å². The first-order valence-electron chi connectivity index (χ1n) is 6.98. The lowest BCUT2D eigenvalue weighted by molar-refractivity contribution is -0.305. The van der Waals surface area contributed by atoms with E-state index < -0.39 is 17.2 Å². The van der Waals surface area contributed by atoms with Gasteiger partial charge >= 0.3 is 5.69 Å². The predicted molar refractivity (Wildman–Crippen MR) is 80.9 cm³/mol. The zero-order chi connectivity index (χ0) is 16.3. The van der Waals surface area contributed by atoms with Crippen molar-refractivity contribution in [3.63, 3.8) is 0 Å². The van der Waals surface area contributed by atoms with Crippen molar-refractivity contribution in [3.8, 4) is 0 Å². The second kappa shape index (κ2) is 6.82. The third kappa shape index (κ3) is 3.24. The maximum absolute atomic E-state index is 12.1. The number of carbonyl (C=O) groups is 1. The molecule has 0 saturated heterocycles. The standard InChI is InChI=1S/C13H18N4O4S/c1-3-4-6-17-9-10(16(2)12(21)15-11(9)20)14-13(17)22-7-5-8(18)19/h3-7H2,1-2H3,(H,18,19)(H,15,20,21)/p-1. The van der Waals surface area contributed by atoms with E-state index in [-0.39, 0.29) is 6.42 Å². The number of aliphatic carboxylic acids is 1. The van der Waals surface area contributed by atoms with Crippen molar-refractivity contribution in [2.24, 2.45) is 7.05 Å². The molecule has 0 aromatic carbocycles. The van der Waals surface area contributed by atoms with E-state index in [2.05, 4.69) is 9.97 Å². The first-order chi connectivity index (χ1) is 10.5. The molecule has 9 heteroatoms. The Morgan fingerprint density at radius 2 is 2.14 bits per heavy atom. The summed E-state index contributed by atoms with van der Waals surface area (Å²) < 4.78 is 3.03. The van der Waals surface area contributed by atoms with E-state index in [9.17, 15) is 19.5 Å². The smallest absolute Gasteiger partial charge is 0.329 e. The van der Waals surface area contributed by atoms with Gasteiger partial charge in [-0.25, -0.2) is 9.78 Å². The molecule has 0 saturated carbocycles. The van der Waals surface area contributed by atoms with Crippen LogP contribution in [0.15, 0.2) is 14.7 Å². The summed E-state index contributed by atoms with van der Waals surface area (Å²) in [5, 5.41) is 11.1. The maximum Gasteiger partial charge on any atom is 0.329 e. The van der Waals surface area contributed by atoms with Gasteiger partial charge in [-0.3, -0.25) is 14.3 Å². The van der Waals surface area contributed by atoms with Gasteiger partial charge < -0.3 is 14.5 Å². The van der Waals surface area contributed by atoms with Crippen molar-refractivity contribution in [2.45, 2.75) is 37.9 Å². The van der Waals surface area contributed by atoms with Crippen LogP contribution in [0, 0.1) is 0 Å². The van der Waals surface area contributed by atoms with E-state index in [1.807, 2.05) is 6.92 Å². The van der Waals surface area contributed by atoms with Gasteiger partial charge in [0.1, 0.15) is 0 Å². The van der Waals surface area contributed by atoms with Gasteiger partial charge in [-0.05, 0) is 12.8 Å². The third-order valence-electron chi connectivity index (χ3n) is 3.24. The van der Waals surface area contributed by atoms with Gasteiger partial charge in [0, 0.05) is 25.3 Å². The van der Waals surface area contributed by atoms with E-state index in [0.717, 1.165) is 12.8 Å². The van der Waals surface area contributed by atoms with E-state index in [0.29, 0.717) is 28.6 Å². The second-order valence-electron chi connectivity index (χ2n) is 4.86. The molecule has 0 radical (unpaired) electrons. The number of thioether (sulfide) groups is 1. The Hall–Kier alpha value is -2.03. The van der Waals surface area contributed by atoms with Crippen LogP contribution in [0.5, 0.6) is 0 Å². The highest BCUT2D eigenvalue weighted by Crippen LogP contribution is 2.22. The molecule has 0 aliphatic carbocycles. The van der Waals surface area contributed by atoms with Crippen molar-refractivity contribution in [1.29, 1.82) is 0 Å². The van der Waals surface area contributed by atoms with Crippen LogP contribution in [0.1, 0.15) is 26.2 Å². The van der Waals surface area contributed by atoms with Crippen LogP contribution >= 0.6 is 11.8 Å². The number of aryl methyl sites for hydroxylation is 2. The van der Waals surface area contributed by atoms with Gasteiger partial charge in [0.15, 0.2) is 16.3 Å². The fourth-order valence-electron chi connectivity index (χ4n) is 2.07. The molecule has 22 heavy (non-hydrogen) atoms. The number of imidazole rings is 1. The van der Waals surface area contributed by atoms with Crippen molar-refractivity contribution in [1.82, 2.24) is 19.1 Å². The summed E-state index contributed by atoms with van der Waals surface area (Å²) in [5.74, 6) is -0.835. The van der Waals surface area contributed by atoms with E-state index >= 15 is 0 Å². The Kier molecular flexibility index (Phi) is 5.07. The van der Waals surface area contributed by atoms with Crippen LogP contribution < -0.4 is 16.4 Å². The Bertz CT molecular complexity index is 805. The summed E-state index contributed by atoms with van der Waals surface area (Å²) in [6.45, 7) is 2.62. The van der Waals surface area contributed by atoms with Gasteiger partial charge in [0.05, 0.1) is 0 Å². The molecule has 0 atom stereocenters. The highest BCUT2D eigenvalue weighted by molar-refractivity contribution is 7.99. The molecule has 1 N–H and O–H groups in total. The zero-order valence-electron chi connectivity index (χ0n) is 12.4. The zero-order valence-corrected chi connectivity index (χ0v) is 13.2. The first-order valence-corrected chi connectivity index (χ1v) is 7.96. The van der Waals surface area contributed by atoms with Crippen LogP contribution in [0.4, 0.5) is 0 Å². The van der Waals surface area contributed by atoms with Crippen LogP contribution in [-0.2, 0) is 18.4 Å². The lowest BCUT2D eigenvalue weighted by Gasteiger charge is -2.07. The lowest BCUT2D eigenvalue weighted by Crippen LogP contribution is -2.29. The lowest BCUT2D eigenvalue weighted by atomic mass is 10.3. The largest absolute Gasteiger partial charge is 0.550 e. The number of aromatic nitrogens is 4. The van der Waals surface area contributed by atoms with Crippen LogP contribution in [0.3, 0.4) is 0 Å². The number of carboxylic acid groups (broad SMARTS) is 1. The molecule has 0 aliphatic rings. The van der Waals surface area contributed by atoms with Gasteiger partial charge in [-0.1, -0.05) is 25.1 Å². The summed E-state index contributed by atoms with van der Waals surface area (Å²) in [6.07, 6.45) is 1.69. The van der Waals surface area contributed by atoms with Gasteiger partial charge in [0.2, 0.25) is 0 Å². The van der Waals surface area contributed by atoms with Crippen molar-refractivity contribution in [3.05, 3.63) is 20.8 Å². The topological polar surface area (TPSA) is 113 Å². The minimum Gasteiger partial charge on any atom is -0.550 e. The number of hydrogen-bond acceptors (Lipinski definition) is 6. The highest BCUT2D eigenvalue weighted by Gasteiger charge is 2.17. The minimum atomic E-state index is -1.13. The molecular weight excluding hydrogens is 308 g/mol. The highest BCUT2D eigenvalue weighted by atomic mass is 32.2. The summed E-state index contributed by atoms with van der Waals surface area (Å²) in [4.78, 5) is 40.9. The van der Waals surface area contributed by atoms with Crippen molar-refractivity contribution >= 4 is 28.9 Å².